The normalized spacial score (nSPS) is 23.0. The summed E-state index contributed by atoms with van der Waals surface area (Å²) in [4.78, 5) is 25.9. The number of carbonyl (C=O) groups excluding carboxylic acids is 1. The van der Waals surface area contributed by atoms with Crippen LogP contribution in [0, 0.1) is 5.41 Å². The van der Waals surface area contributed by atoms with E-state index in [-0.39, 0.29) is 12.5 Å². The fraction of sp³-hybridized carbons (Fsp3) is 0.444. The van der Waals surface area contributed by atoms with Gasteiger partial charge in [0.25, 0.3) is 0 Å². The first-order valence-corrected chi connectivity index (χ1v) is 7.91. The molecule has 1 aliphatic rings. The van der Waals surface area contributed by atoms with Crippen molar-refractivity contribution in [2.45, 2.75) is 32.6 Å². The third kappa shape index (κ3) is 2.83. The first kappa shape index (κ1) is 15.6. The number of hydrogen-bond acceptors (Lipinski definition) is 3. The number of amides is 1. The maximum atomic E-state index is 12.8. The van der Waals surface area contributed by atoms with Crippen LogP contribution < -0.4 is 0 Å². The monoisotopic (exact) mass is 315 g/mol. The Bertz CT molecular complexity index is 717. The summed E-state index contributed by atoms with van der Waals surface area (Å²) in [6, 6.07) is 9.53. The Kier molecular flexibility index (Phi) is 3.88. The van der Waals surface area contributed by atoms with Crippen molar-refractivity contribution in [3.8, 4) is 0 Å². The number of fused-ring (bicyclic) bond motifs is 1. The van der Waals surface area contributed by atoms with Gasteiger partial charge in [-0.05, 0) is 38.8 Å². The highest BCUT2D eigenvalue weighted by atomic mass is 16.4. The van der Waals surface area contributed by atoms with Crippen molar-refractivity contribution in [1.29, 1.82) is 0 Å². The molecule has 1 amide bonds. The lowest BCUT2D eigenvalue weighted by atomic mass is 9.81. The first-order chi connectivity index (χ1) is 10.9. The molecule has 5 nitrogen and oxygen atoms in total. The molecule has 2 heterocycles. The summed E-state index contributed by atoms with van der Waals surface area (Å²) in [6.07, 6.45) is 1.31. The van der Waals surface area contributed by atoms with Crippen LogP contribution in [0.1, 0.15) is 38.4 Å². The lowest BCUT2D eigenvalue weighted by Crippen LogP contribution is -2.49. The second-order valence-corrected chi connectivity index (χ2v) is 6.64. The fourth-order valence-corrected chi connectivity index (χ4v) is 3.21. The number of likely N-dealkylation sites (tertiary alicyclic amines) is 1. The second kappa shape index (κ2) is 5.72. The Hall–Kier alpha value is -2.30. The molecule has 122 valence electrons. The summed E-state index contributed by atoms with van der Waals surface area (Å²) in [7, 11) is 0. The van der Waals surface area contributed by atoms with Gasteiger partial charge in [0.2, 0.25) is 5.91 Å². The molecule has 1 aromatic heterocycles. The molecule has 1 N–H and O–H groups in total. The number of benzene rings is 1. The van der Waals surface area contributed by atoms with Crippen LogP contribution in [-0.4, -0.2) is 35.0 Å². The average molecular weight is 315 g/mol. The van der Waals surface area contributed by atoms with E-state index in [0.29, 0.717) is 25.1 Å². The maximum Gasteiger partial charge on any atom is 0.311 e. The molecule has 2 aromatic rings. The SMILES string of the molecule is CC(C(=O)N1CCCC(C)(C(=O)O)C1)c1cc2ccccc2o1. The molecule has 0 spiro atoms. The zero-order valence-electron chi connectivity index (χ0n) is 13.4. The predicted octanol–water partition coefficient (Wildman–Crippen LogP) is 3.25. The number of carbonyl (C=O) groups is 2. The Morgan fingerprint density at radius 3 is 2.78 bits per heavy atom. The fourth-order valence-electron chi connectivity index (χ4n) is 3.21. The zero-order chi connectivity index (χ0) is 16.6. The van der Waals surface area contributed by atoms with Crippen LogP contribution in [0.15, 0.2) is 34.7 Å². The summed E-state index contributed by atoms with van der Waals surface area (Å²) in [5.74, 6) is -0.708. The molecule has 1 aromatic carbocycles. The van der Waals surface area contributed by atoms with E-state index in [0.717, 1.165) is 11.0 Å². The Morgan fingerprint density at radius 2 is 2.09 bits per heavy atom. The Labute approximate surface area is 134 Å². The zero-order valence-corrected chi connectivity index (χ0v) is 13.4. The molecule has 23 heavy (non-hydrogen) atoms. The van der Waals surface area contributed by atoms with Crippen LogP contribution >= 0.6 is 0 Å². The van der Waals surface area contributed by atoms with E-state index in [9.17, 15) is 14.7 Å². The quantitative estimate of drug-likeness (QED) is 0.944. The molecule has 5 heteroatoms. The molecule has 2 atom stereocenters. The van der Waals surface area contributed by atoms with Gasteiger partial charge in [0.15, 0.2) is 0 Å². The van der Waals surface area contributed by atoms with Crippen LogP contribution in [0.25, 0.3) is 11.0 Å². The van der Waals surface area contributed by atoms with Gasteiger partial charge in [0.05, 0.1) is 11.3 Å². The second-order valence-electron chi connectivity index (χ2n) is 6.64. The van der Waals surface area contributed by atoms with Gasteiger partial charge < -0.3 is 14.4 Å². The van der Waals surface area contributed by atoms with Gasteiger partial charge in [-0.25, -0.2) is 0 Å². The van der Waals surface area contributed by atoms with Crippen molar-refractivity contribution < 1.29 is 19.1 Å². The lowest BCUT2D eigenvalue weighted by molar-refractivity contribution is -0.153. The number of para-hydroxylation sites is 1. The third-order valence-electron chi connectivity index (χ3n) is 4.77. The largest absolute Gasteiger partial charge is 0.481 e. The summed E-state index contributed by atoms with van der Waals surface area (Å²) in [5, 5.41) is 10.4. The van der Waals surface area contributed by atoms with Crippen molar-refractivity contribution in [2.24, 2.45) is 5.41 Å². The lowest BCUT2D eigenvalue weighted by Gasteiger charge is -2.38. The van der Waals surface area contributed by atoms with E-state index >= 15 is 0 Å². The van der Waals surface area contributed by atoms with Crippen molar-refractivity contribution in [3.63, 3.8) is 0 Å². The number of carboxylic acids is 1. The third-order valence-corrected chi connectivity index (χ3v) is 4.77. The number of rotatable bonds is 3. The Morgan fingerprint density at radius 1 is 1.35 bits per heavy atom. The molecule has 0 saturated carbocycles. The van der Waals surface area contributed by atoms with E-state index in [1.165, 1.54) is 0 Å². The molecule has 0 aliphatic carbocycles. The van der Waals surface area contributed by atoms with Crippen LogP contribution in [0.4, 0.5) is 0 Å². The van der Waals surface area contributed by atoms with Gasteiger partial charge in [-0.3, -0.25) is 9.59 Å². The van der Waals surface area contributed by atoms with Crippen molar-refractivity contribution >= 4 is 22.8 Å². The first-order valence-electron chi connectivity index (χ1n) is 7.91. The summed E-state index contributed by atoms with van der Waals surface area (Å²) < 4.78 is 5.78. The maximum absolute atomic E-state index is 12.8. The topological polar surface area (TPSA) is 70.8 Å². The van der Waals surface area contributed by atoms with Crippen LogP contribution in [-0.2, 0) is 9.59 Å². The molecule has 1 fully saturated rings. The number of furan rings is 1. The van der Waals surface area contributed by atoms with Crippen LogP contribution in [0.5, 0.6) is 0 Å². The molecule has 0 bridgehead atoms. The molecule has 0 radical (unpaired) electrons. The summed E-state index contributed by atoms with van der Waals surface area (Å²) >= 11 is 0. The van der Waals surface area contributed by atoms with E-state index in [4.69, 9.17) is 4.42 Å². The highest BCUT2D eigenvalue weighted by Crippen LogP contribution is 2.32. The van der Waals surface area contributed by atoms with Gasteiger partial charge in [0.1, 0.15) is 11.3 Å². The van der Waals surface area contributed by atoms with Crippen molar-refractivity contribution in [3.05, 3.63) is 36.1 Å². The molecular formula is C18H21NO4. The van der Waals surface area contributed by atoms with Crippen LogP contribution in [0.2, 0.25) is 0 Å². The highest BCUT2D eigenvalue weighted by molar-refractivity contribution is 5.86. The molecule has 3 rings (SSSR count). The minimum absolute atomic E-state index is 0.0729. The van der Waals surface area contributed by atoms with Gasteiger partial charge in [-0.1, -0.05) is 18.2 Å². The molecular weight excluding hydrogens is 294 g/mol. The van der Waals surface area contributed by atoms with E-state index < -0.39 is 17.3 Å². The average Bonchev–Trinajstić information content (AvgIpc) is 2.97. The number of piperidine rings is 1. The molecule has 1 aliphatic heterocycles. The van der Waals surface area contributed by atoms with Crippen molar-refractivity contribution in [1.82, 2.24) is 4.90 Å². The van der Waals surface area contributed by atoms with Gasteiger partial charge in [-0.2, -0.15) is 0 Å². The standard InChI is InChI=1S/C18H21NO4/c1-12(15-10-13-6-3-4-7-14(13)23-15)16(20)19-9-5-8-18(2,11-19)17(21)22/h3-4,6-7,10,12H,5,8-9,11H2,1-2H3,(H,21,22). The predicted molar refractivity (Wildman–Crippen MR) is 86.2 cm³/mol. The van der Waals surface area contributed by atoms with E-state index in [2.05, 4.69) is 0 Å². The summed E-state index contributed by atoms with van der Waals surface area (Å²) in [5.41, 5.74) is -0.0993. The van der Waals surface area contributed by atoms with Gasteiger partial charge >= 0.3 is 5.97 Å². The minimum atomic E-state index is -0.860. The number of carboxylic acid groups (broad SMARTS) is 1. The number of aliphatic carboxylic acids is 1. The molecule has 2 unspecified atom stereocenters. The summed E-state index contributed by atoms with van der Waals surface area (Å²) in [6.45, 7) is 4.38. The van der Waals surface area contributed by atoms with Crippen molar-refractivity contribution in [2.75, 3.05) is 13.1 Å². The Balaban J connectivity index is 1.80. The van der Waals surface area contributed by atoms with Crippen LogP contribution in [0.3, 0.4) is 0 Å². The van der Waals surface area contributed by atoms with E-state index in [1.807, 2.05) is 37.3 Å². The van der Waals surface area contributed by atoms with Gasteiger partial charge in [-0.15, -0.1) is 0 Å². The molecule has 1 saturated heterocycles. The number of hydrogen-bond donors (Lipinski definition) is 1. The highest BCUT2D eigenvalue weighted by Gasteiger charge is 2.40. The number of nitrogens with zero attached hydrogens (tertiary/aromatic N) is 1. The van der Waals surface area contributed by atoms with Gasteiger partial charge in [0, 0.05) is 18.5 Å². The van der Waals surface area contributed by atoms with E-state index in [1.54, 1.807) is 11.8 Å². The minimum Gasteiger partial charge on any atom is -0.481 e. The smallest absolute Gasteiger partial charge is 0.311 e.